The van der Waals surface area contributed by atoms with Crippen LogP contribution in [0.15, 0.2) is 47.1 Å². The van der Waals surface area contributed by atoms with Crippen molar-refractivity contribution in [3.8, 4) is 0 Å². The van der Waals surface area contributed by atoms with Crippen molar-refractivity contribution in [1.82, 2.24) is 0 Å². The molecule has 4 aliphatic rings. The van der Waals surface area contributed by atoms with Crippen molar-refractivity contribution in [1.29, 1.82) is 0 Å². The summed E-state index contributed by atoms with van der Waals surface area (Å²) < 4.78 is 0. The maximum Gasteiger partial charge on any atom is 0.190 e. The van der Waals surface area contributed by atoms with Gasteiger partial charge in [-0.2, -0.15) is 0 Å². The molecular formula is C22H26O4. The Hall–Kier alpha value is -1.78. The number of aliphatic hydroxyl groups is 2. The number of rotatable bonds is 2. The second kappa shape index (κ2) is 5.37. The predicted octanol–water partition coefficient (Wildman–Crippen LogP) is 2.67. The van der Waals surface area contributed by atoms with E-state index in [-0.39, 0.29) is 23.0 Å². The third kappa shape index (κ3) is 1.92. The summed E-state index contributed by atoms with van der Waals surface area (Å²) in [6.07, 6.45) is 11.7. The largest absolute Gasteiger partial charge is 0.388 e. The zero-order valence-corrected chi connectivity index (χ0v) is 15.6. The van der Waals surface area contributed by atoms with Crippen LogP contribution in [0.4, 0.5) is 0 Å². The number of ketones is 2. The maximum atomic E-state index is 12.5. The smallest absolute Gasteiger partial charge is 0.190 e. The van der Waals surface area contributed by atoms with E-state index in [4.69, 9.17) is 0 Å². The van der Waals surface area contributed by atoms with Crippen LogP contribution in [0.25, 0.3) is 0 Å². The van der Waals surface area contributed by atoms with Crippen molar-refractivity contribution in [2.45, 2.75) is 45.6 Å². The zero-order chi connectivity index (χ0) is 18.9. The third-order valence-electron chi connectivity index (χ3n) is 7.59. The average Bonchev–Trinajstić information content (AvgIpc) is 2.83. The van der Waals surface area contributed by atoms with E-state index in [1.54, 1.807) is 12.2 Å². The Morgan fingerprint density at radius 1 is 1.31 bits per heavy atom. The molecule has 0 saturated heterocycles. The van der Waals surface area contributed by atoms with Crippen molar-refractivity contribution in [3.05, 3.63) is 47.1 Å². The van der Waals surface area contributed by atoms with E-state index in [0.29, 0.717) is 12.8 Å². The van der Waals surface area contributed by atoms with Crippen LogP contribution < -0.4 is 0 Å². The summed E-state index contributed by atoms with van der Waals surface area (Å²) in [5.41, 5.74) is 1.10. The quantitative estimate of drug-likeness (QED) is 0.799. The van der Waals surface area contributed by atoms with Crippen molar-refractivity contribution in [3.63, 3.8) is 0 Å². The minimum Gasteiger partial charge on any atom is -0.388 e. The van der Waals surface area contributed by atoms with Gasteiger partial charge in [-0.1, -0.05) is 32.1 Å². The molecule has 4 heteroatoms. The molecule has 0 radical (unpaired) electrons. The average molecular weight is 354 g/mol. The molecule has 0 spiro atoms. The van der Waals surface area contributed by atoms with E-state index in [1.807, 2.05) is 19.9 Å². The normalized spacial score (nSPS) is 43.7. The Kier molecular flexibility index (Phi) is 3.64. The molecule has 2 N–H and O–H groups in total. The van der Waals surface area contributed by atoms with Gasteiger partial charge in [0.15, 0.2) is 11.6 Å². The van der Waals surface area contributed by atoms with Gasteiger partial charge in [-0.05, 0) is 66.9 Å². The first-order chi connectivity index (χ1) is 12.2. The number of carbonyl (C=O) groups is 2. The standard InChI is InChI=1S/C22H26O4/c1-13-10-18-16-5-4-14-11-15(24)6-8-20(14,2)17(16)7-9-21(18,3)22(13,26)19(25)12-23/h5-8,11,13,18,23,26H,4,9-10,12H2,1-3H3. The molecule has 1 fully saturated rings. The zero-order valence-electron chi connectivity index (χ0n) is 15.6. The first-order valence-electron chi connectivity index (χ1n) is 9.40. The van der Waals surface area contributed by atoms with E-state index in [2.05, 4.69) is 19.1 Å². The molecule has 0 aromatic heterocycles. The Balaban J connectivity index is 1.84. The molecule has 0 bridgehead atoms. The second-order valence-corrected chi connectivity index (χ2v) is 8.75. The molecule has 0 aromatic rings. The van der Waals surface area contributed by atoms with Crippen LogP contribution in [0.1, 0.15) is 40.0 Å². The summed E-state index contributed by atoms with van der Waals surface area (Å²) in [5.74, 6) is -0.576. The first-order valence-corrected chi connectivity index (χ1v) is 9.40. The van der Waals surface area contributed by atoms with Gasteiger partial charge in [0.1, 0.15) is 12.2 Å². The van der Waals surface area contributed by atoms with Gasteiger partial charge in [0.05, 0.1) is 0 Å². The molecule has 138 valence electrons. The van der Waals surface area contributed by atoms with Crippen LogP contribution in [-0.4, -0.2) is 34.0 Å². The fourth-order valence-electron chi connectivity index (χ4n) is 5.96. The summed E-state index contributed by atoms with van der Waals surface area (Å²) in [7, 11) is 0. The Morgan fingerprint density at radius 3 is 2.73 bits per heavy atom. The van der Waals surface area contributed by atoms with Gasteiger partial charge in [-0.25, -0.2) is 0 Å². The number of Topliss-reactive ketones (excluding diaryl/α,β-unsaturated/α-hetero) is 1. The van der Waals surface area contributed by atoms with E-state index < -0.39 is 23.4 Å². The molecule has 5 atom stereocenters. The molecule has 0 aromatic carbocycles. The van der Waals surface area contributed by atoms with Crippen LogP contribution >= 0.6 is 0 Å². The highest BCUT2D eigenvalue weighted by Crippen LogP contribution is 2.65. The Labute approximate surface area is 154 Å². The highest BCUT2D eigenvalue weighted by molar-refractivity contribution is 6.01. The first kappa shape index (κ1) is 17.6. The highest BCUT2D eigenvalue weighted by Gasteiger charge is 2.65. The fourth-order valence-corrected chi connectivity index (χ4v) is 5.96. The second-order valence-electron chi connectivity index (χ2n) is 8.75. The van der Waals surface area contributed by atoms with Crippen molar-refractivity contribution in [2.75, 3.05) is 6.61 Å². The number of hydrogen-bond donors (Lipinski definition) is 2. The number of allylic oxidation sites excluding steroid dienone is 8. The third-order valence-corrected chi connectivity index (χ3v) is 7.59. The number of aliphatic hydroxyl groups excluding tert-OH is 1. The van der Waals surface area contributed by atoms with Crippen LogP contribution in [0.3, 0.4) is 0 Å². The number of carbonyl (C=O) groups excluding carboxylic acids is 2. The van der Waals surface area contributed by atoms with E-state index in [0.717, 1.165) is 12.0 Å². The minimum absolute atomic E-state index is 0.0352. The molecule has 26 heavy (non-hydrogen) atoms. The lowest BCUT2D eigenvalue weighted by atomic mass is 9.55. The molecular weight excluding hydrogens is 328 g/mol. The van der Waals surface area contributed by atoms with E-state index in [9.17, 15) is 19.8 Å². The van der Waals surface area contributed by atoms with Gasteiger partial charge in [-0.15, -0.1) is 0 Å². The molecule has 5 unspecified atom stereocenters. The maximum absolute atomic E-state index is 12.5. The van der Waals surface area contributed by atoms with E-state index in [1.165, 1.54) is 11.1 Å². The van der Waals surface area contributed by atoms with Crippen molar-refractivity contribution < 1.29 is 19.8 Å². The predicted molar refractivity (Wildman–Crippen MR) is 98.2 cm³/mol. The van der Waals surface area contributed by atoms with Gasteiger partial charge in [0.2, 0.25) is 0 Å². The number of hydrogen-bond acceptors (Lipinski definition) is 4. The molecule has 0 aliphatic heterocycles. The van der Waals surface area contributed by atoms with Gasteiger partial charge < -0.3 is 10.2 Å². The van der Waals surface area contributed by atoms with E-state index >= 15 is 0 Å². The van der Waals surface area contributed by atoms with Crippen LogP contribution in [0.2, 0.25) is 0 Å². The number of fused-ring (bicyclic) bond motifs is 5. The SMILES string of the molecule is CC1CC2C3=CCC4=CC(=O)C=CC4(C)C3=CCC2(C)C1(O)C(=O)CO. The molecule has 4 nitrogen and oxygen atoms in total. The van der Waals surface area contributed by atoms with Gasteiger partial charge in [0.25, 0.3) is 0 Å². The summed E-state index contributed by atoms with van der Waals surface area (Å²) >= 11 is 0. The summed E-state index contributed by atoms with van der Waals surface area (Å²) in [6, 6.07) is 0. The molecule has 4 rings (SSSR count). The van der Waals surface area contributed by atoms with Gasteiger partial charge >= 0.3 is 0 Å². The lowest BCUT2D eigenvalue weighted by Gasteiger charge is -2.50. The Bertz CT molecular complexity index is 829. The molecule has 0 heterocycles. The lowest BCUT2D eigenvalue weighted by molar-refractivity contribution is -0.159. The topological polar surface area (TPSA) is 74.6 Å². The van der Waals surface area contributed by atoms with Crippen LogP contribution in [-0.2, 0) is 9.59 Å². The van der Waals surface area contributed by atoms with Crippen LogP contribution in [0, 0.1) is 22.7 Å². The highest BCUT2D eigenvalue weighted by atomic mass is 16.3. The minimum atomic E-state index is -1.51. The fraction of sp³-hybridized carbons (Fsp3) is 0.545. The molecule has 1 saturated carbocycles. The lowest BCUT2D eigenvalue weighted by Crippen LogP contribution is -2.56. The summed E-state index contributed by atoms with van der Waals surface area (Å²) in [4.78, 5) is 24.3. The van der Waals surface area contributed by atoms with Crippen molar-refractivity contribution >= 4 is 11.6 Å². The molecule has 4 aliphatic carbocycles. The van der Waals surface area contributed by atoms with Gasteiger partial charge in [-0.3, -0.25) is 9.59 Å². The monoisotopic (exact) mass is 354 g/mol. The molecule has 0 amide bonds. The van der Waals surface area contributed by atoms with Gasteiger partial charge in [0, 0.05) is 10.8 Å². The van der Waals surface area contributed by atoms with Crippen molar-refractivity contribution in [2.24, 2.45) is 22.7 Å². The Morgan fingerprint density at radius 2 is 2.04 bits per heavy atom. The summed E-state index contributed by atoms with van der Waals surface area (Å²) in [5, 5.41) is 20.8. The summed E-state index contributed by atoms with van der Waals surface area (Å²) in [6.45, 7) is 5.41. The van der Waals surface area contributed by atoms with Crippen LogP contribution in [0.5, 0.6) is 0 Å².